The summed E-state index contributed by atoms with van der Waals surface area (Å²) in [5, 5.41) is 64.9. The lowest BCUT2D eigenvalue weighted by Crippen LogP contribution is -2.60. The van der Waals surface area contributed by atoms with Crippen LogP contribution < -0.4 is 5.32 Å². The molecule has 1 amide bonds. The first kappa shape index (κ1) is 63.4. The molecule has 0 spiro atoms. The molecule has 0 saturated carbocycles. The van der Waals surface area contributed by atoms with Crippen molar-refractivity contribution >= 4 is 5.91 Å². The first-order valence-corrected chi connectivity index (χ1v) is 28.3. The fourth-order valence-electron chi connectivity index (χ4n) is 8.96. The molecule has 0 aromatic carbocycles. The monoisotopic (exact) mass is 950 g/mol. The lowest BCUT2D eigenvalue weighted by molar-refractivity contribution is -0.302. The van der Waals surface area contributed by atoms with E-state index >= 15 is 0 Å². The minimum Gasteiger partial charge on any atom is -0.394 e. The van der Waals surface area contributed by atoms with Gasteiger partial charge in [0.15, 0.2) is 6.29 Å². The molecule has 0 bridgehead atoms. The highest BCUT2D eigenvalue weighted by Gasteiger charge is 2.44. The highest BCUT2D eigenvalue weighted by molar-refractivity contribution is 5.80. The van der Waals surface area contributed by atoms with Crippen molar-refractivity contribution in [3.05, 3.63) is 36.5 Å². The number of hydrogen-bond acceptors (Lipinski definition) is 9. The van der Waals surface area contributed by atoms with Gasteiger partial charge in [-0.3, -0.25) is 4.79 Å². The minimum atomic E-state index is -1.62. The van der Waals surface area contributed by atoms with E-state index in [1.807, 2.05) is 6.08 Å². The van der Waals surface area contributed by atoms with Crippen LogP contribution in [0.3, 0.4) is 0 Å². The maximum atomic E-state index is 13.1. The number of amides is 1. The normalized spacial score (nSPS) is 20.4. The van der Waals surface area contributed by atoms with Crippen molar-refractivity contribution in [1.29, 1.82) is 0 Å². The van der Waals surface area contributed by atoms with Crippen molar-refractivity contribution in [1.82, 2.24) is 5.32 Å². The van der Waals surface area contributed by atoms with Gasteiger partial charge >= 0.3 is 0 Å². The zero-order valence-electron chi connectivity index (χ0n) is 43.3. The molecule has 8 atom stereocenters. The highest BCUT2D eigenvalue weighted by Crippen LogP contribution is 2.23. The molecule has 0 aliphatic carbocycles. The SMILES string of the molecule is CCCCCCC/C=C/CC/C=C/CC/C=C/C(O)C(COC1OC(CO)C(O)C(O)C1O)NC(=O)C(O)CCCCCCCCCCCCCCCCCCCCCCCCCCCCC. The number of unbranched alkanes of at least 4 members (excludes halogenated alkanes) is 33. The maximum Gasteiger partial charge on any atom is 0.249 e. The molecule has 1 saturated heterocycles. The minimum absolute atomic E-state index is 0.304. The summed E-state index contributed by atoms with van der Waals surface area (Å²) >= 11 is 0. The van der Waals surface area contributed by atoms with Crippen molar-refractivity contribution in [2.24, 2.45) is 0 Å². The molecule has 10 nitrogen and oxygen atoms in total. The maximum absolute atomic E-state index is 13.1. The summed E-state index contributed by atoms with van der Waals surface area (Å²) in [6, 6.07) is -1.00. The third-order valence-electron chi connectivity index (χ3n) is 13.6. The topological polar surface area (TPSA) is 169 Å². The summed E-state index contributed by atoms with van der Waals surface area (Å²) in [5.74, 6) is -0.627. The zero-order valence-corrected chi connectivity index (χ0v) is 43.3. The number of allylic oxidation sites excluding steroid dienone is 5. The molecule has 1 aliphatic rings. The van der Waals surface area contributed by atoms with Crippen LogP contribution in [-0.2, 0) is 14.3 Å². The molecule has 0 aromatic heterocycles. The second-order valence-electron chi connectivity index (χ2n) is 19.9. The average Bonchev–Trinajstić information content (AvgIpc) is 3.33. The van der Waals surface area contributed by atoms with Gasteiger partial charge in [-0.05, 0) is 44.9 Å². The fraction of sp³-hybridized carbons (Fsp3) is 0.877. The van der Waals surface area contributed by atoms with E-state index < -0.39 is 61.5 Å². The highest BCUT2D eigenvalue weighted by atomic mass is 16.7. The predicted molar refractivity (Wildman–Crippen MR) is 278 cm³/mol. The van der Waals surface area contributed by atoms with Gasteiger partial charge in [-0.25, -0.2) is 0 Å². The Kier molecular flexibility index (Phi) is 44.2. The van der Waals surface area contributed by atoms with Crippen LogP contribution in [0, 0.1) is 0 Å². The molecule has 1 aliphatic heterocycles. The van der Waals surface area contributed by atoms with E-state index in [1.165, 1.54) is 180 Å². The van der Waals surface area contributed by atoms with Gasteiger partial charge in [-0.15, -0.1) is 0 Å². The average molecular weight is 950 g/mol. The van der Waals surface area contributed by atoms with Gasteiger partial charge in [0.25, 0.3) is 0 Å². The van der Waals surface area contributed by atoms with Crippen molar-refractivity contribution < 1.29 is 44.9 Å². The summed E-state index contributed by atoms with van der Waals surface area (Å²) in [7, 11) is 0. The van der Waals surface area contributed by atoms with Gasteiger partial charge in [-0.1, -0.05) is 249 Å². The van der Waals surface area contributed by atoms with E-state index in [0.717, 1.165) is 44.9 Å². The standard InChI is InChI=1S/C57H107NO9/c1-3-5-7-9-11-13-15-17-19-20-21-22-23-24-25-26-27-28-29-30-32-34-36-38-40-42-44-46-51(61)56(65)58-49(48-66-57-55(64)54(63)53(62)52(47-59)67-57)50(60)45-43-41-39-37-35-33-31-18-16-14-12-10-8-6-4-2/h16,18,35,37,43,45,49-55,57,59-64H,3-15,17,19-34,36,38-42,44,46-48H2,1-2H3,(H,58,65)/b18-16+,37-35+,45-43+. The van der Waals surface area contributed by atoms with Gasteiger partial charge in [0.2, 0.25) is 5.91 Å². The van der Waals surface area contributed by atoms with Crippen LogP contribution in [0.4, 0.5) is 0 Å². The Balaban J connectivity index is 2.24. The Morgan fingerprint density at radius 3 is 1.30 bits per heavy atom. The van der Waals surface area contributed by atoms with E-state index in [2.05, 4.69) is 43.5 Å². The summed E-state index contributed by atoms with van der Waals surface area (Å²) in [4.78, 5) is 13.1. The molecular weight excluding hydrogens is 843 g/mol. The predicted octanol–water partition coefficient (Wildman–Crippen LogP) is 12.5. The van der Waals surface area contributed by atoms with Gasteiger partial charge in [0.1, 0.15) is 30.5 Å². The molecule has 1 rings (SSSR count). The van der Waals surface area contributed by atoms with Crippen LogP contribution in [0.2, 0.25) is 0 Å². The Morgan fingerprint density at radius 2 is 0.881 bits per heavy atom. The molecule has 1 heterocycles. The van der Waals surface area contributed by atoms with E-state index in [-0.39, 0.29) is 6.61 Å². The van der Waals surface area contributed by atoms with Crippen molar-refractivity contribution in [3.63, 3.8) is 0 Å². The molecule has 10 heteroatoms. The number of rotatable bonds is 48. The van der Waals surface area contributed by atoms with Crippen LogP contribution in [0.15, 0.2) is 36.5 Å². The van der Waals surface area contributed by atoms with E-state index in [0.29, 0.717) is 19.3 Å². The quantitative estimate of drug-likeness (QED) is 0.0232. The summed E-state index contributed by atoms with van der Waals surface area (Å²) in [6.45, 7) is 3.60. The molecular formula is C57H107NO9. The van der Waals surface area contributed by atoms with Crippen LogP contribution in [-0.4, -0.2) is 98.7 Å². The zero-order chi connectivity index (χ0) is 48.8. The second-order valence-corrected chi connectivity index (χ2v) is 19.9. The third kappa shape index (κ3) is 36.0. The Morgan fingerprint density at radius 1 is 0.507 bits per heavy atom. The first-order chi connectivity index (χ1) is 32.8. The molecule has 1 fully saturated rings. The van der Waals surface area contributed by atoms with Gasteiger partial charge < -0.3 is 45.4 Å². The van der Waals surface area contributed by atoms with Crippen molar-refractivity contribution in [2.45, 2.75) is 307 Å². The largest absolute Gasteiger partial charge is 0.394 e. The summed E-state index contributed by atoms with van der Waals surface area (Å²) < 4.78 is 11.2. The van der Waals surface area contributed by atoms with Crippen LogP contribution >= 0.6 is 0 Å². The Bertz CT molecular complexity index is 1160. The van der Waals surface area contributed by atoms with Gasteiger partial charge in [0, 0.05) is 0 Å². The second kappa shape index (κ2) is 46.7. The molecule has 67 heavy (non-hydrogen) atoms. The third-order valence-corrected chi connectivity index (χ3v) is 13.6. The van der Waals surface area contributed by atoms with Crippen LogP contribution in [0.25, 0.3) is 0 Å². The lowest BCUT2D eigenvalue weighted by atomic mass is 9.99. The Labute approximate surface area is 411 Å². The van der Waals surface area contributed by atoms with Gasteiger partial charge in [-0.2, -0.15) is 0 Å². The molecule has 394 valence electrons. The smallest absolute Gasteiger partial charge is 0.249 e. The lowest BCUT2D eigenvalue weighted by Gasteiger charge is -2.40. The number of nitrogens with one attached hydrogen (secondary N) is 1. The molecule has 8 unspecified atom stereocenters. The van der Waals surface area contributed by atoms with Crippen LogP contribution in [0.5, 0.6) is 0 Å². The molecule has 0 radical (unpaired) electrons. The fourth-order valence-corrected chi connectivity index (χ4v) is 8.96. The number of carbonyl (C=O) groups excluding carboxylic acids is 1. The number of ether oxygens (including phenoxy) is 2. The summed E-state index contributed by atoms with van der Waals surface area (Å²) in [6.07, 6.45) is 49.7. The van der Waals surface area contributed by atoms with Crippen molar-refractivity contribution in [3.8, 4) is 0 Å². The molecule has 7 N–H and O–H groups in total. The molecule has 0 aromatic rings. The van der Waals surface area contributed by atoms with E-state index in [1.54, 1.807) is 6.08 Å². The Hall–Kier alpha value is -1.63. The van der Waals surface area contributed by atoms with E-state index in [9.17, 15) is 35.4 Å². The summed E-state index contributed by atoms with van der Waals surface area (Å²) in [5.41, 5.74) is 0. The first-order valence-electron chi connectivity index (χ1n) is 28.3. The van der Waals surface area contributed by atoms with E-state index in [4.69, 9.17) is 9.47 Å². The van der Waals surface area contributed by atoms with Crippen molar-refractivity contribution in [2.75, 3.05) is 13.2 Å². The van der Waals surface area contributed by atoms with Crippen LogP contribution in [0.1, 0.15) is 258 Å². The number of aliphatic hydroxyl groups is 6. The number of carbonyl (C=O) groups is 1. The number of hydrogen-bond donors (Lipinski definition) is 7. The van der Waals surface area contributed by atoms with Gasteiger partial charge in [0.05, 0.1) is 25.4 Å². The number of aliphatic hydroxyl groups excluding tert-OH is 6.